The van der Waals surface area contributed by atoms with Gasteiger partial charge < -0.3 is 10.0 Å². The molecular formula is C24H27FN2O2. The highest BCUT2D eigenvalue weighted by Crippen LogP contribution is 2.44. The SMILES string of the molecule is O=C(c1ccc(F)c(O)c1)N1C[C@@H]2C[C@H](C1)[C@@H]1CCC[C@H](c3ccccc3)N1C2. The third-order valence-corrected chi connectivity index (χ3v) is 7.05. The monoisotopic (exact) mass is 394 g/mol. The molecule has 3 saturated heterocycles. The van der Waals surface area contributed by atoms with E-state index < -0.39 is 11.6 Å². The largest absolute Gasteiger partial charge is 0.505 e. The molecule has 5 rings (SSSR count). The Bertz CT molecular complexity index is 903. The summed E-state index contributed by atoms with van der Waals surface area (Å²) >= 11 is 0. The van der Waals surface area contributed by atoms with Crippen LogP contribution in [0.4, 0.5) is 4.39 Å². The highest BCUT2D eigenvalue weighted by atomic mass is 19.1. The summed E-state index contributed by atoms with van der Waals surface area (Å²) < 4.78 is 13.4. The van der Waals surface area contributed by atoms with E-state index in [0.717, 1.165) is 19.6 Å². The van der Waals surface area contributed by atoms with Crippen molar-refractivity contribution in [1.29, 1.82) is 0 Å². The van der Waals surface area contributed by atoms with Crippen molar-refractivity contribution in [2.75, 3.05) is 19.6 Å². The van der Waals surface area contributed by atoms with E-state index >= 15 is 0 Å². The molecule has 3 aliphatic heterocycles. The second kappa shape index (κ2) is 7.45. The van der Waals surface area contributed by atoms with E-state index in [2.05, 4.69) is 35.2 Å². The summed E-state index contributed by atoms with van der Waals surface area (Å²) in [6.07, 6.45) is 4.81. The minimum absolute atomic E-state index is 0.0983. The van der Waals surface area contributed by atoms with Gasteiger partial charge in [0.2, 0.25) is 0 Å². The van der Waals surface area contributed by atoms with Crippen molar-refractivity contribution in [2.24, 2.45) is 11.8 Å². The van der Waals surface area contributed by atoms with Gasteiger partial charge in [-0.2, -0.15) is 0 Å². The number of carbonyl (C=O) groups excluding carboxylic acids is 1. The average molecular weight is 394 g/mol. The number of phenolic OH excluding ortho intramolecular Hbond substituents is 1. The first kappa shape index (κ1) is 18.6. The molecular weight excluding hydrogens is 367 g/mol. The summed E-state index contributed by atoms with van der Waals surface area (Å²) in [6.45, 7) is 2.51. The number of fused-ring (bicyclic) bond motifs is 4. The Hall–Kier alpha value is -2.40. The number of likely N-dealkylation sites (tertiary alicyclic amines) is 1. The third-order valence-electron chi connectivity index (χ3n) is 7.05. The minimum Gasteiger partial charge on any atom is -0.505 e. The van der Waals surface area contributed by atoms with E-state index in [9.17, 15) is 14.3 Å². The quantitative estimate of drug-likeness (QED) is 0.830. The molecule has 2 aromatic rings. The summed E-state index contributed by atoms with van der Waals surface area (Å²) in [6, 6.07) is 15.7. The standard InChI is InChI=1S/C24H27FN2O2/c25-20-10-9-18(12-23(20)28)24(29)26-13-16-11-19(15-26)22-8-4-7-21(27(22)14-16)17-5-2-1-3-6-17/h1-3,5-6,9-10,12,16,19,21-22,28H,4,7-8,11,13-15H2/t16-,19+,21+,22-/m0/s1. The second-order valence-electron chi connectivity index (χ2n) is 8.86. The molecule has 3 fully saturated rings. The molecule has 0 saturated carbocycles. The van der Waals surface area contributed by atoms with Crippen LogP contribution in [0, 0.1) is 17.7 Å². The van der Waals surface area contributed by atoms with E-state index in [1.807, 2.05) is 4.90 Å². The predicted molar refractivity (Wildman–Crippen MR) is 109 cm³/mol. The van der Waals surface area contributed by atoms with Gasteiger partial charge in [-0.15, -0.1) is 0 Å². The summed E-state index contributed by atoms with van der Waals surface area (Å²) in [4.78, 5) is 17.7. The normalized spacial score (nSPS) is 29.3. The lowest BCUT2D eigenvalue weighted by molar-refractivity contribution is -0.0511. The maximum atomic E-state index is 13.4. The van der Waals surface area contributed by atoms with Gasteiger partial charge in [0.15, 0.2) is 11.6 Å². The fourth-order valence-corrected chi connectivity index (χ4v) is 5.84. The molecule has 3 aliphatic rings. The number of halogens is 1. The first-order chi connectivity index (χ1) is 14.1. The molecule has 2 bridgehead atoms. The number of aromatic hydroxyl groups is 1. The summed E-state index contributed by atoms with van der Waals surface area (Å²) in [5, 5.41) is 9.65. The van der Waals surface area contributed by atoms with Crippen molar-refractivity contribution < 1.29 is 14.3 Å². The maximum absolute atomic E-state index is 13.4. The van der Waals surface area contributed by atoms with Crippen LogP contribution in [0.5, 0.6) is 5.75 Å². The van der Waals surface area contributed by atoms with Gasteiger partial charge in [-0.3, -0.25) is 9.69 Å². The van der Waals surface area contributed by atoms with Crippen molar-refractivity contribution >= 4 is 5.91 Å². The molecule has 0 radical (unpaired) electrons. The first-order valence-corrected chi connectivity index (χ1v) is 10.7. The molecule has 0 aromatic heterocycles. The number of hydrogen-bond donors (Lipinski definition) is 1. The number of piperidine rings is 3. The lowest BCUT2D eigenvalue weighted by Crippen LogP contribution is -2.60. The minimum atomic E-state index is -0.693. The molecule has 29 heavy (non-hydrogen) atoms. The molecule has 4 nitrogen and oxygen atoms in total. The van der Waals surface area contributed by atoms with Gasteiger partial charge in [0, 0.05) is 37.3 Å². The molecule has 0 unspecified atom stereocenters. The third kappa shape index (κ3) is 3.42. The number of benzene rings is 2. The van der Waals surface area contributed by atoms with E-state index in [-0.39, 0.29) is 5.91 Å². The van der Waals surface area contributed by atoms with Crippen LogP contribution in [-0.2, 0) is 0 Å². The van der Waals surface area contributed by atoms with E-state index in [1.54, 1.807) is 0 Å². The summed E-state index contributed by atoms with van der Waals surface area (Å²) in [7, 11) is 0. The van der Waals surface area contributed by atoms with Gasteiger partial charge in [0.1, 0.15) is 0 Å². The fraction of sp³-hybridized carbons (Fsp3) is 0.458. The Labute approximate surface area is 170 Å². The zero-order valence-electron chi connectivity index (χ0n) is 16.5. The van der Waals surface area contributed by atoms with Gasteiger partial charge in [-0.25, -0.2) is 4.39 Å². The number of phenols is 1. The van der Waals surface area contributed by atoms with E-state index in [4.69, 9.17) is 0 Å². The Morgan fingerprint density at radius 2 is 1.86 bits per heavy atom. The smallest absolute Gasteiger partial charge is 0.254 e. The number of hydrogen-bond acceptors (Lipinski definition) is 3. The van der Waals surface area contributed by atoms with Crippen LogP contribution in [0.3, 0.4) is 0 Å². The Morgan fingerprint density at radius 1 is 1.03 bits per heavy atom. The molecule has 1 N–H and O–H groups in total. The zero-order chi connectivity index (χ0) is 20.0. The Morgan fingerprint density at radius 3 is 2.66 bits per heavy atom. The number of rotatable bonds is 2. The fourth-order valence-electron chi connectivity index (χ4n) is 5.84. The molecule has 1 amide bonds. The van der Waals surface area contributed by atoms with Crippen molar-refractivity contribution in [1.82, 2.24) is 9.80 Å². The van der Waals surface area contributed by atoms with Crippen LogP contribution in [-0.4, -0.2) is 46.5 Å². The molecule has 0 aliphatic carbocycles. The second-order valence-corrected chi connectivity index (χ2v) is 8.86. The van der Waals surface area contributed by atoms with Crippen molar-refractivity contribution in [2.45, 2.75) is 37.8 Å². The lowest BCUT2D eigenvalue weighted by atomic mass is 9.74. The zero-order valence-corrected chi connectivity index (χ0v) is 16.5. The number of carbonyl (C=O) groups is 1. The van der Waals surface area contributed by atoms with Crippen molar-refractivity contribution in [3.8, 4) is 5.75 Å². The van der Waals surface area contributed by atoms with Crippen LogP contribution < -0.4 is 0 Å². The highest BCUT2D eigenvalue weighted by Gasteiger charge is 2.45. The van der Waals surface area contributed by atoms with Gasteiger partial charge >= 0.3 is 0 Å². The van der Waals surface area contributed by atoms with Crippen LogP contribution >= 0.6 is 0 Å². The molecule has 4 atom stereocenters. The van der Waals surface area contributed by atoms with Crippen molar-refractivity contribution in [3.05, 3.63) is 65.5 Å². The lowest BCUT2D eigenvalue weighted by Gasteiger charge is -2.55. The summed E-state index contributed by atoms with van der Waals surface area (Å²) in [5.41, 5.74) is 1.78. The van der Waals surface area contributed by atoms with E-state index in [1.165, 1.54) is 49.4 Å². The van der Waals surface area contributed by atoms with Crippen LogP contribution in [0.1, 0.15) is 47.6 Å². The van der Waals surface area contributed by atoms with Crippen molar-refractivity contribution in [3.63, 3.8) is 0 Å². The first-order valence-electron chi connectivity index (χ1n) is 10.7. The van der Waals surface area contributed by atoms with Gasteiger partial charge in [-0.05, 0) is 61.3 Å². The molecule has 0 spiro atoms. The topological polar surface area (TPSA) is 43.8 Å². The predicted octanol–water partition coefficient (Wildman–Crippen LogP) is 4.22. The van der Waals surface area contributed by atoms with Crippen LogP contribution in [0.15, 0.2) is 48.5 Å². The van der Waals surface area contributed by atoms with E-state index in [0.29, 0.717) is 29.5 Å². The molecule has 152 valence electrons. The van der Waals surface area contributed by atoms with Gasteiger partial charge in [-0.1, -0.05) is 30.3 Å². The van der Waals surface area contributed by atoms with Crippen LogP contribution in [0.25, 0.3) is 0 Å². The maximum Gasteiger partial charge on any atom is 0.254 e. The van der Waals surface area contributed by atoms with Crippen LogP contribution in [0.2, 0.25) is 0 Å². The Balaban J connectivity index is 1.35. The highest BCUT2D eigenvalue weighted by molar-refractivity contribution is 5.94. The molecule has 5 heteroatoms. The van der Waals surface area contributed by atoms with Gasteiger partial charge in [0.05, 0.1) is 0 Å². The molecule has 2 aromatic carbocycles. The number of nitrogens with zero attached hydrogens (tertiary/aromatic N) is 2. The molecule has 3 heterocycles. The Kier molecular flexibility index (Phi) is 4.78. The summed E-state index contributed by atoms with van der Waals surface area (Å²) in [5.74, 6) is -0.308. The average Bonchev–Trinajstić information content (AvgIpc) is 2.75. The number of amides is 1. The van der Waals surface area contributed by atoms with Gasteiger partial charge in [0.25, 0.3) is 5.91 Å².